The highest BCUT2D eigenvalue weighted by Gasteiger charge is 2.24. The average Bonchev–Trinajstić information content (AvgIpc) is 3.06. The molecular weight excluding hydrogens is 312 g/mol. The van der Waals surface area contributed by atoms with Gasteiger partial charge < -0.3 is 5.32 Å². The van der Waals surface area contributed by atoms with Crippen LogP contribution in [0.3, 0.4) is 0 Å². The van der Waals surface area contributed by atoms with Crippen LogP contribution < -0.4 is 5.32 Å². The van der Waals surface area contributed by atoms with E-state index >= 15 is 0 Å². The van der Waals surface area contributed by atoms with Crippen molar-refractivity contribution in [3.8, 4) is 0 Å². The van der Waals surface area contributed by atoms with E-state index < -0.39 is 0 Å². The summed E-state index contributed by atoms with van der Waals surface area (Å²) < 4.78 is 0. The third-order valence-corrected chi connectivity index (χ3v) is 5.93. The molecule has 1 N–H and O–H groups in total. The second-order valence-electron chi connectivity index (χ2n) is 6.97. The van der Waals surface area contributed by atoms with Crippen molar-refractivity contribution in [2.24, 2.45) is 0 Å². The van der Waals surface area contributed by atoms with Crippen molar-refractivity contribution in [3.63, 3.8) is 0 Å². The van der Waals surface area contributed by atoms with Crippen molar-refractivity contribution in [2.45, 2.75) is 37.6 Å². The Bertz CT molecular complexity index is 901. The van der Waals surface area contributed by atoms with Gasteiger partial charge in [-0.15, -0.1) is 11.8 Å². The number of aromatic nitrogens is 1. The molecule has 3 aromatic rings. The van der Waals surface area contributed by atoms with Gasteiger partial charge in [0.25, 0.3) is 0 Å². The predicted molar refractivity (Wildman–Crippen MR) is 104 cm³/mol. The number of benzene rings is 2. The van der Waals surface area contributed by atoms with Crippen LogP contribution in [0.4, 0.5) is 5.69 Å². The molecule has 0 radical (unpaired) electrons. The second kappa shape index (κ2) is 5.82. The summed E-state index contributed by atoms with van der Waals surface area (Å²) in [5.74, 6) is 1.17. The maximum absolute atomic E-state index is 4.67. The lowest BCUT2D eigenvalue weighted by atomic mass is 9.92. The third-order valence-electron chi connectivity index (χ3n) is 4.83. The van der Waals surface area contributed by atoms with Crippen molar-refractivity contribution in [3.05, 3.63) is 65.4 Å². The van der Waals surface area contributed by atoms with E-state index in [0.29, 0.717) is 0 Å². The summed E-state index contributed by atoms with van der Waals surface area (Å²) in [4.78, 5) is 6.08. The minimum absolute atomic E-state index is 0.144. The van der Waals surface area contributed by atoms with Crippen molar-refractivity contribution >= 4 is 28.4 Å². The fourth-order valence-corrected chi connectivity index (χ4v) is 4.55. The molecule has 1 aliphatic rings. The Morgan fingerprint density at radius 3 is 2.67 bits per heavy atom. The van der Waals surface area contributed by atoms with Crippen LogP contribution in [0.25, 0.3) is 10.9 Å². The number of rotatable bonds is 3. The van der Waals surface area contributed by atoms with Gasteiger partial charge in [0.1, 0.15) is 0 Å². The minimum atomic E-state index is -0.144. The van der Waals surface area contributed by atoms with E-state index in [2.05, 4.69) is 73.5 Å². The van der Waals surface area contributed by atoms with Gasteiger partial charge in [-0.3, -0.25) is 4.98 Å². The number of nitrogens with zero attached hydrogens (tertiary/aromatic N) is 1. The van der Waals surface area contributed by atoms with E-state index in [1.165, 1.54) is 38.4 Å². The molecular formula is C21H22N2S. The van der Waals surface area contributed by atoms with Gasteiger partial charge in [-0.05, 0) is 56.0 Å². The van der Waals surface area contributed by atoms with Gasteiger partial charge in [0, 0.05) is 27.9 Å². The van der Waals surface area contributed by atoms with E-state index in [-0.39, 0.29) is 5.54 Å². The zero-order valence-electron chi connectivity index (χ0n) is 14.4. The highest BCUT2D eigenvalue weighted by atomic mass is 32.2. The molecule has 0 aliphatic carbocycles. The van der Waals surface area contributed by atoms with Crippen molar-refractivity contribution in [2.75, 3.05) is 11.1 Å². The Morgan fingerprint density at radius 1 is 1.08 bits per heavy atom. The third kappa shape index (κ3) is 2.57. The van der Waals surface area contributed by atoms with Crippen LogP contribution in [0.1, 0.15) is 30.5 Å². The molecule has 24 heavy (non-hydrogen) atoms. The molecule has 1 aliphatic heterocycles. The molecule has 2 heterocycles. The van der Waals surface area contributed by atoms with E-state index in [0.717, 1.165) is 11.9 Å². The minimum Gasteiger partial charge on any atom is -0.375 e. The molecule has 2 nitrogen and oxygen atoms in total. The fourth-order valence-electron chi connectivity index (χ4n) is 3.48. The highest BCUT2D eigenvalue weighted by Crippen LogP contribution is 2.41. The first-order valence-corrected chi connectivity index (χ1v) is 9.42. The molecule has 0 fully saturated rings. The first kappa shape index (κ1) is 15.5. The molecule has 0 atom stereocenters. The predicted octanol–water partition coefficient (Wildman–Crippen LogP) is 5.54. The molecule has 2 aromatic carbocycles. The van der Waals surface area contributed by atoms with Gasteiger partial charge >= 0.3 is 0 Å². The van der Waals surface area contributed by atoms with Gasteiger partial charge in [0.15, 0.2) is 0 Å². The summed E-state index contributed by atoms with van der Waals surface area (Å²) in [5, 5.41) is 5.13. The topological polar surface area (TPSA) is 24.9 Å². The number of fused-ring (bicyclic) bond motifs is 3. The van der Waals surface area contributed by atoms with Crippen LogP contribution in [0, 0.1) is 6.92 Å². The van der Waals surface area contributed by atoms with Crippen molar-refractivity contribution in [1.29, 1.82) is 0 Å². The number of anilines is 1. The first-order chi connectivity index (χ1) is 11.6. The molecule has 122 valence electrons. The van der Waals surface area contributed by atoms with Gasteiger partial charge in [-0.1, -0.05) is 30.3 Å². The largest absolute Gasteiger partial charge is 0.375 e. The van der Waals surface area contributed by atoms with Gasteiger partial charge in [0.05, 0.1) is 11.1 Å². The number of hydrogen-bond donors (Lipinski definition) is 1. The van der Waals surface area contributed by atoms with Crippen LogP contribution in [0.5, 0.6) is 0 Å². The maximum atomic E-state index is 4.67. The molecule has 0 amide bonds. The van der Waals surface area contributed by atoms with Crippen LogP contribution >= 0.6 is 11.8 Å². The molecule has 0 saturated heterocycles. The molecule has 3 heteroatoms. The lowest BCUT2D eigenvalue weighted by Crippen LogP contribution is -2.28. The SMILES string of the molecule is Cc1cnc2ccc3c(c2c1NC(C)(C)c1ccccc1)CCS3. The van der Waals surface area contributed by atoms with Crippen LogP contribution in [0.2, 0.25) is 0 Å². The summed E-state index contributed by atoms with van der Waals surface area (Å²) in [6, 6.07) is 15.0. The zero-order valence-corrected chi connectivity index (χ0v) is 15.2. The second-order valence-corrected chi connectivity index (χ2v) is 8.10. The van der Waals surface area contributed by atoms with Gasteiger partial charge in [0.2, 0.25) is 0 Å². The monoisotopic (exact) mass is 334 g/mol. The Kier molecular flexibility index (Phi) is 3.76. The standard InChI is InChI=1S/C21H22N2S/c1-14-13-22-17-9-10-18-16(11-12-24-18)19(17)20(14)23-21(2,3)15-7-5-4-6-8-15/h4-10,13H,11-12H2,1-3H3,(H,22,23). The molecule has 0 spiro atoms. The van der Waals surface area contributed by atoms with Crippen LogP contribution in [-0.2, 0) is 12.0 Å². The molecule has 1 aromatic heterocycles. The molecule has 4 rings (SSSR count). The van der Waals surface area contributed by atoms with Crippen molar-refractivity contribution in [1.82, 2.24) is 4.98 Å². The van der Waals surface area contributed by atoms with E-state index in [1.54, 1.807) is 0 Å². The van der Waals surface area contributed by atoms with Crippen molar-refractivity contribution < 1.29 is 0 Å². The summed E-state index contributed by atoms with van der Waals surface area (Å²) >= 11 is 1.96. The zero-order chi connectivity index (χ0) is 16.7. The van der Waals surface area contributed by atoms with Crippen LogP contribution in [0.15, 0.2) is 53.6 Å². The molecule has 0 saturated carbocycles. The maximum Gasteiger partial charge on any atom is 0.0726 e. The Balaban J connectivity index is 1.88. The lowest BCUT2D eigenvalue weighted by molar-refractivity contribution is 0.609. The van der Waals surface area contributed by atoms with Gasteiger partial charge in [-0.25, -0.2) is 0 Å². The lowest BCUT2D eigenvalue weighted by Gasteiger charge is -2.30. The Labute approximate surface area is 147 Å². The normalized spacial score (nSPS) is 14.0. The van der Waals surface area contributed by atoms with E-state index in [4.69, 9.17) is 0 Å². The number of hydrogen-bond acceptors (Lipinski definition) is 3. The number of thioether (sulfide) groups is 1. The Morgan fingerprint density at radius 2 is 1.88 bits per heavy atom. The van der Waals surface area contributed by atoms with E-state index in [9.17, 15) is 0 Å². The molecule has 0 bridgehead atoms. The number of pyridine rings is 1. The average molecular weight is 334 g/mol. The Hall–Kier alpha value is -2.00. The number of nitrogens with one attached hydrogen (secondary N) is 1. The van der Waals surface area contributed by atoms with Crippen LogP contribution in [-0.4, -0.2) is 10.7 Å². The summed E-state index contributed by atoms with van der Waals surface area (Å²) in [6.45, 7) is 6.63. The summed E-state index contributed by atoms with van der Waals surface area (Å²) in [7, 11) is 0. The number of aryl methyl sites for hydroxylation is 2. The summed E-state index contributed by atoms with van der Waals surface area (Å²) in [6.07, 6.45) is 3.11. The fraction of sp³-hybridized carbons (Fsp3) is 0.286. The van der Waals surface area contributed by atoms with E-state index in [1.807, 2.05) is 18.0 Å². The highest BCUT2D eigenvalue weighted by molar-refractivity contribution is 7.99. The smallest absolute Gasteiger partial charge is 0.0726 e. The molecule has 0 unspecified atom stereocenters. The first-order valence-electron chi connectivity index (χ1n) is 8.44. The summed E-state index contributed by atoms with van der Waals surface area (Å²) in [5.41, 5.74) is 6.13. The van der Waals surface area contributed by atoms with Gasteiger partial charge in [-0.2, -0.15) is 0 Å². The quantitative estimate of drug-likeness (QED) is 0.681.